The van der Waals surface area contributed by atoms with Crippen LogP contribution in [0.25, 0.3) is 66.1 Å². The average molecular weight is 817 g/mol. The van der Waals surface area contributed by atoms with Gasteiger partial charge in [0.1, 0.15) is 0 Å². The Bertz CT molecular complexity index is 3010. The lowest BCUT2D eigenvalue weighted by Crippen LogP contribution is -2.09. The highest BCUT2D eigenvalue weighted by molar-refractivity contribution is 6.22. The number of fused-ring (bicyclic) bond motifs is 2. The van der Waals surface area contributed by atoms with Gasteiger partial charge in [-0.25, -0.2) is 0 Å². The number of hydrogen-bond acceptors (Lipinski definition) is 2. The molecule has 2 heteroatoms. The van der Waals surface area contributed by atoms with E-state index in [1.807, 2.05) is 0 Å². The molecular weight excluding hydrogens is 773 g/mol. The van der Waals surface area contributed by atoms with E-state index in [-0.39, 0.29) is 0 Å². The van der Waals surface area contributed by atoms with Crippen LogP contribution in [0.2, 0.25) is 0 Å². The Morgan fingerprint density at radius 1 is 0.172 bits per heavy atom. The third-order valence-electron chi connectivity index (χ3n) is 12.2. The van der Waals surface area contributed by atoms with Crippen LogP contribution in [0.5, 0.6) is 0 Å². The quantitative estimate of drug-likeness (QED) is 0.127. The Hall–Kier alpha value is -8.46. The summed E-state index contributed by atoms with van der Waals surface area (Å²) < 4.78 is 0. The summed E-state index contributed by atoms with van der Waals surface area (Å²) in [4.78, 5) is 4.62. The van der Waals surface area contributed by atoms with E-state index in [0.29, 0.717) is 0 Å². The molecule has 0 radical (unpaired) electrons. The van der Waals surface area contributed by atoms with Crippen molar-refractivity contribution in [2.75, 3.05) is 9.80 Å². The number of nitrogens with zero attached hydrogens (tertiary/aromatic N) is 2. The van der Waals surface area contributed by atoms with Crippen molar-refractivity contribution in [1.82, 2.24) is 0 Å². The number of para-hydroxylation sites is 4. The maximum absolute atomic E-state index is 2.41. The van der Waals surface area contributed by atoms with E-state index in [4.69, 9.17) is 0 Å². The van der Waals surface area contributed by atoms with Crippen molar-refractivity contribution >= 4 is 55.7 Å². The van der Waals surface area contributed by atoms with E-state index in [0.717, 1.165) is 34.1 Å². The summed E-state index contributed by atoms with van der Waals surface area (Å²) >= 11 is 0. The normalized spacial score (nSPS) is 11.1. The van der Waals surface area contributed by atoms with Crippen LogP contribution in [-0.2, 0) is 0 Å². The van der Waals surface area contributed by atoms with Crippen molar-refractivity contribution in [3.63, 3.8) is 0 Å². The predicted molar refractivity (Wildman–Crippen MR) is 273 cm³/mol. The fraction of sp³-hybridized carbons (Fsp3) is 0. The average Bonchev–Trinajstić information content (AvgIpc) is 3.38. The minimum absolute atomic E-state index is 1.11. The molecule has 0 atom stereocenters. The van der Waals surface area contributed by atoms with Gasteiger partial charge in [0, 0.05) is 34.1 Å². The highest BCUT2D eigenvalue weighted by Crippen LogP contribution is 2.46. The standard InChI is InChI=1S/C62H44N2/c1-7-19-47(20-8-1)61-57-41-35-50(46-33-39-56(40-34-46)64(53-27-15-5-16-28-53)54-29-17-6-18-30-54)44-60(57)62(48-21-9-2-10-22-48)58-42-36-49(43-59(58)61)45-31-37-55(38-32-45)63(51-23-11-3-12-24-51)52-25-13-4-14-26-52/h1-44H. The number of hydrogen-bond donors (Lipinski definition) is 0. The highest BCUT2D eigenvalue weighted by atomic mass is 15.1. The molecular formula is C62H44N2. The van der Waals surface area contributed by atoms with Gasteiger partial charge in [0.15, 0.2) is 0 Å². The summed E-state index contributed by atoms with van der Waals surface area (Å²) in [6.45, 7) is 0. The molecule has 0 unspecified atom stereocenters. The first-order valence-corrected chi connectivity index (χ1v) is 21.9. The van der Waals surface area contributed by atoms with Crippen LogP contribution in [0.3, 0.4) is 0 Å². The van der Waals surface area contributed by atoms with Gasteiger partial charge < -0.3 is 9.80 Å². The van der Waals surface area contributed by atoms with Crippen LogP contribution < -0.4 is 9.80 Å². The minimum Gasteiger partial charge on any atom is -0.311 e. The van der Waals surface area contributed by atoms with Gasteiger partial charge in [0.2, 0.25) is 0 Å². The lowest BCUT2D eigenvalue weighted by atomic mass is 9.84. The molecule has 11 aromatic carbocycles. The van der Waals surface area contributed by atoms with Gasteiger partial charge in [0.05, 0.1) is 0 Å². The van der Waals surface area contributed by atoms with E-state index < -0.39 is 0 Å². The van der Waals surface area contributed by atoms with Crippen LogP contribution in [0.15, 0.2) is 267 Å². The van der Waals surface area contributed by atoms with Crippen molar-refractivity contribution in [3.8, 4) is 44.5 Å². The van der Waals surface area contributed by atoms with Gasteiger partial charge in [-0.3, -0.25) is 0 Å². The monoisotopic (exact) mass is 816 g/mol. The molecule has 0 aliphatic rings. The van der Waals surface area contributed by atoms with Crippen molar-refractivity contribution in [2.24, 2.45) is 0 Å². The van der Waals surface area contributed by atoms with Gasteiger partial charge in [-0.1, -0.05) is 182 Å². The molecule has 64 heavy (non-hydrogen) atoms. The lowest BCUT2D eigenvalue weighted by Gasteiger charge is -2.25. The maximum atomic E-state index is 2.41. The molecule has 0 bridgehead atoms. The van der Waals surface area contributed by atoms with Gasteiger partial charge in [-0.15, -0.1) is 0 Å². The van der Waals surface area contributed by atoms with Gasteiger partial charge in [-0.05, 0) is 151 Å². The molecule has 0 N–H and O–H groups in total. The smallest absolute Gasteiger partial charge is 0.0462 e. The maximum Gasteiger partial charge on any atom is 0.0462 e. The van der Waals surface area contributed by atoms with Gasteiger partial charge >= 0.3 is 0 Å². The highest BCUT2D eigenvalue weighted by Gasteiger charge is 2.20. The molecule has 0 saturated carbocycles. The summed E-state index contributed by atoms with van der Waals surface area (Å²) in [6, 6.07) is 96.2. The summed E-state index contributed by atoms with van der Waals surface area (Å²) in [7, 11) is 0. The molecule has 0 aliphatic carbocycles. The van der Waals surface area contributed by atoms with E-state index in [2.05, 4.69) is 277 Å². The summed E-state index contributed by atoms with van der Waals surface area (Å²) in [5, 5.41) is 4.92. The largest absolute Gasteiger partial charge is 0.311 e. The van der Waals surface area contributed by atoms with Gasteiger partial charge in [0.25, 0.3) is 0 Å². The summed E-state index contributed by atoms with van der Waals surface area (Å²) in [6.07, 6.45) is 0. The SMILES string of the molecule is c1ccc(-c2c3ccc(-c4ccc(N(c5ccccc5)c5ccccc5)cc4)cc3c(-c3ccccc3)c3ccc(-c4ccc(N(c5ccccc5)c5ccccc5)cc4)cc23)cc1. The molecule has 0 spiro atoms. The zero-order valence-corrected chi connectivity index (χ0v) is 35.3. The zero-order valence-electron chi connectivity index (χ0n) is 35.3. The predicted octanol–water partition coefficient (Wildman–Crippen LogP) is 17.6. The second-order valence-corrected chi connectivity index (χ2v) is 16.1. The molecule has 0 amide bonds. The Kier molecular flexibility index (Phi) is 10.3. The Morgan fingerprint density at radius 3 is 0.719 bits per heavy atom. The third kappa shape index (κ3) is 7.38. The number of rotatable bonds is 10. The Labute approximate surface area is 375 Å². The van der Waals surface area contributed by atoms with E-state index in [1.165, 1.54) is 66.1 Å². The number of anilines is 6. The molecule has 0 aromatic heterocycles. The molecule has 0 fully saturated rings. The molecule has 0 heterocycles. The van der Waals surface area contributed by atoms with E-state index in [9.17, 15) is 0 Å². The fourth-order valence-electron chi connectivity index (χ4n) is 9.23. The molecule has 11 aromatic rings. The van der Waals surface area contributed by atoms with Crippen LogP contribution in [0, 0.1) is 0 Å². The summed E-state index contributed by atoms with van der Waals surface area (Å²) in [5.74, 6) is 0. The lowest BCUT2D eigenvalue weighted by molar-refractivity contribution is 1.28. The zero-order chi connectivity index (χ0) is 42.7. The molecule has 0 saturated heterocycles. The minimum atomic E-state index is 1.11. The molecule has 2 nitrogen and oxygen atoms in total. The first-order valence-electron chi connectivity index (χ1n) is 21.9. The molecule has 302 valence electrons. The summed E-state index contributed by atoms with van der Waals surface area (Å²) in [5.41, 5.74) is 16.3. The first kappa shape index (κ1) is 38.5. The van der Waals surface area contributed by atoms with Crippen LogP contribution in [-0.4, -0.2) is 0 Å². The second-order valence-electron chi connectivity index (χ2n) is 16.1. The fourth-order valence-corrected chi connectivity index (χ4v) is 9.23. The molecule has 11 rings (SSSR count). The van der Waals surface area contributed by atoms with Gasteiger partial charge in [-0.2, -0.15) is 0 Å². The van der Waals surface area contributed by atoms with Crippen molar-refractivity contribution in [3.05, 3.63) is 267 Å². The van der Waals surface area contributed by atoms with E-state index in [1.54, 1.807) is 0 Å². The van der Waals surface area contributed by atoms with Crippen molar-refractivity contribution < 1.29 is 0 Å². The second kappa shape index (κ2) is 17.1. The Morgan fingerprint density at radius 2 is 0.422 bits per heavy atom. The van der Waals surface area contributed by atoms with Crippen LogP contribution in [0.1, 0.15) is 0 Å². The molecule has 0 aliphatic heterocycles. The van der Waals surface area contributed by atoms with Crippen molar-refractivity contribution in [1.29, 1.82) is 0 Å². The van der Waals surface area contributed by atoms with Crippen LogP contribution >= 0.6 is 0 Å². The topological polar surface area (TPSA) is 6.48 Å². The number of benzene rings is 11. The van der Waals surface area contributed by atoms with E-state index >= 15 is 0 Å². The van der Waals surface area contributed by atoms with Crippen LogP contribution in [0.4, 0.5) is 34.1 Å². The Balaban J connectivity index is 1.05. The van der Waals surface area contributed by atoms with Crippen molar-refractivity contribution in [2.45, 2.75) is 0 Å². The third-order valence-corrected chi connectivity index (χ3v) is 12.2. The first-order chi connectivity index (χ1) is 31.8.